The third kappa shape index (κ3) is 6.08. The van der Waals surface area contributed by atoms with Crippen molar-refractivity contribution in [3.63, 3.8) is 0 Å². The SMILES string of the molecule is CCCCN(CCCC)c1nc(C(C)(C)C)nc(C(C)(C)C)n1. The lowest BCUT2D eigenvalue weighted by atomic mass is 9.93. The Balaban J connectivity index is 3.29. The quantitative estimate of drug-likeness (QED) is 0.718. The van der Waals surface area contributed by atoms with Crippen LogP contribution in [-0.4, -0.2) is 28.0 Å². The van der Waals surface area contributed by atoms with Crippen molar-refractivity contribution in [2.24, 2.45) is 0 Å². The topological polar surface area (TPSA) is 41.9 Å². The van der Waals surface area contributed by atoms with Gasteiger partial charge in [0, 0.05) is 23.9 Å². The van der Waals surface area contributed by atoms with Crippen LogP contribution in [0.25, 0.3) is 0 Å². The summed E-state index contributed by atoms with van der Waals surface area (Å²) in [4.78, 5) is 16.8. The summed E-state index contributed by atoms with van der Waals surface area (Å²) < 4.78 is 0. The summed E-state index contributed by atoms with van der Waals surface area (Å²) >= 11 is 0. The molecule has 4 heteroatoms. The van der Waals surface area contributed by atoms with Gasteiger partial charge in [-0.05, 0) is 12.8 Å². The molecule has 0 amide bonds. The zero-order valence-electron chi connectivity index (χ0n) is 16.5. The molecule has 0 aliphatic carbocycles. The Morgan fingerprint density at radius 2 is 1.09 bits per heavy atom. The molecule has 0 N–H and O–H groups in total. The van der Waals surface area contributed by atoms with E-state index in [-0.39, 0.29) is 10.8 Å². The van der Waals surface area contributed by atoms with E-state index in [4.69, 9.17) is 15.0 Å². The van der Waals surface area contributed by atoms with Gasteiger partial charge >= 0.3 is 0 Å². The molecule has 132 valence electrons. The van der Waals surface area contributed by atoms with Gasteiger partial charge in [-0.15, -0.1) is 0 Å². The van der Waals surface area contributed by atoms with E-state index in [2.05, 4.69) is 60.3 Å². The summed E-state index contributed by atoms with van der Waals surface area (Å²) in [6.07, 6.45) is 4.72. The molecule has 23 heavy (non-hydrogen) atoms. The lowest BCUT2D eigenvalue weighted by molar-refractivity contribution is 0.492. The van der Waals surface area contributed by atoms with Gasteiger partial charge in [0.1, 0.15) is 11.6 Å². The van der Waals surface area contributed by atoms with Gasteiger partial charge in [-0.25, -0.2) is 4.98 Å². The van der Waals surface area contributed by atoms with Gasteiger partial charge < -0.3 is 4.90 Å². The fourth-order valence-electron chi connectivity index (χ4n) is 2.19. The average molecular weight is 321 g/mol. The number of anilines is 1. The summed E-state index contributed by atoms with van der Waals surface area (Å²) in [6, 6.07) is 0. The lowest BCUT2D eigenvalue weighted by Crippen LogP contribution is -2.31. The van der Waals surface area contributed by atoms with E-state index in [0.29, 0.717) is 0 Å². The van der Waals surface area contributed by atoms with Gasteiger partial charge in [0.25, 0.3) is 0 Å². The number of hydrogen-bond donors (Lipinski definition) is 0. The van der Waals surface area contributed by atoms with E-state index in [1.54, 1.807) is 0 Å². The molecular weight excluding hydrogens is 284 g/mol. The van der Waals surface area contributed by atoms with E-state index in [9.17, 15) is 0 Å². The summed E-state index contributed by atoms with van der Waals surface area (Å²) in [5.41, 5.74) is -0.141. The lowest BCUT2D eigenvalue weighted by Gasteiger charge is -2.27. The Morgan fingerprint density at radius 1 is 0.696 bits per heavy atom. The number of aromatic nitrogens is 3. The molecule has 0 spiro atoms. The highest BCUT2D eigenvalue weighted by Gasteiger charge is 2.26. The standard InChI is InChI=1S/C19H36N4/c1-9-11-13-23(14-12-10-2)17-21-15(18(3,4)5)20-16(22-17)19(6,7)8/h9-14H2,1-8H3. The van der Waals surface area contributed by atoms with E-state index >= 15 is 0 Å². The van der Waals surface area contributed by atoms with Crippen LogP contribution in [0.2, 0.25) is 0 Å². The van der Waals surface area contributed by atoms with Gasteiger partial charge in [0.15, 0.2) is 0 Å². The van der Waals surface area contributed by atoms with Crippen LogP contribution in [-0.2, 0) is 10.8 Å². The Hall–Kier alpha value is -1.19. The Bertz CT molecular complexity index is 443. The molecule has 0 saturated heterocycles. The molecule has 0 unspecified atom stereocenters. The largest absolute Gasteiger partial charge is 0.341 e. The molecule has 1 heterocycles. The highest BCUT2D eigenvalue weighted by molar-refractivity contribution is 5.32. The second-order valence-corrected chi connectivity index (χ2v) is 8.48. The third-order valence-corrected chi connectivity index (χ3v) is 3.81. The van der Waals surface area contributed by atoms with E-state index < -0.39 is 0 Å². The first-order valence-corrected chi connectivity index (χ1v) is 9.11. The molecule has 1 rings (SSSR count). The van der Waals surface area contributed by atoms with Crippen molar-refractivity contribution in [3.05, 3.63) is 11.6 Å². The van der Waals surface area contributed by atoms with Crippen LogP contribution in [0.1, 0.15) is 92.7 Å². The molecule has 1 aromatic heterocycles. The Labute approximate surface area is 143 Å². The molecule has 0 radical (unpaired) electrons. The molecule has 0 saturated carbocycles. The minimum atomic E-state index is -0.0706. The summed E-state index contributed by atoms with van der Waals surface area (Å²) in [6.45, 7) is 19.5. The summed E-state index contributed by atoms with van der Waals surface area (Å²) in [5, 5.41) is 0. The zero-order chi connectivity index (χ0) is 17.7. The van der Waals surface area contributed by atoms with Crippen molar-refractivity contribution >= 4 is 5.95 Å². The predicted octanol–water partition coefficient (Wildman–Crippen LogP) is 4.87. The van der Waals surface area contributed by atoms with Crippen molar-refractivity contribution < 1.29 is 0 Å². The van der Waals surface area contributed by atoms with Crippen molar-refractivity contribution in [3.8, 4) is 0 Å². The third-order valence-electron chi connectivity index (χ3n) is 3.81. The zero-order valence-corrected chi connectivity index (χ0v) is 16.5. The van der Waals surface area contributed by atoms with Crippen LogP contribution < -0.4 is 4.90 Å². The van der Waals surface area contributed by atoms with Gasteiger partial charge in [-0.3, -0.25) is 0 Å². The first-order valence-electron chi connectivity index (χ1n) is 9.11. The van der Waals surface area contributed by atoms with Crippen LogP contribution in [0.3, 0.4) is 0 Å². The maximum Gasteiger partial charge on any atom is 0.228 e. The van der Waals surface area contributed by atoms with Crippen LogP contribution >= 0.6 is 0 Å². The van der Waals surface area contributed by atoms with Crippen molar-refractivity contribution in [1.29, 1.82) is 0 Å². The first-order chi connectivity index (χ1) is 10.6. The van der Waals surface area contributed by atoms with Crippen molar-refractivity contribution in [1.82, 2.24) is 15.0 Å². The van der Waals surface area contributed by atoms with Gasteiger partial charge in [-0.1, -0.05) is 68.2 Å². The second kappa shape index (κ2) is 8.07. The normalized spacial score (nSPS) is 12.5. The van der Waals surface area contributed by atoms with Crippen LogP contribution in [0.5, 0.6) is 0 Å². The van der Waals surface area contributed by atoms with E-state index in [1.807, 2.05) is 0 Å². The Kier molecular flexibility index (Phi) is 6.97. The molecule has 0 atom stereocenters. The maximum absolute atomic E-state index is 4.83. The molecule has 0 aliphatic rings. The number of rotatable bonds is 7. The molecule has 4 nitrogen and oxygen atoms in total. The van der Waals surface area contributed by atoms with E-state index in [1.165, 1.54) is 25.7 Å². The average Bonchev–Trinajstić information content (AvgIpc) is 2.45. The molecule has 0 bridgehead atoms. The van der Waals surface area contributed by atoms with Crippen molar-refractivity contribution in [2.75, 3.05) is 18.0 Å². The maximum atomic E-state index is 4.83. The van der Waals surface area contributed by atoms with Gasteiger partial charge in [-0.2, -0.15) is 9.97 Å². The van der Waals surface area contributed by atoms with Gasteiger partial charge in [0.2, 0.25) is 5.95 Å². The molecule has 1 aromatic rings. The monoisotopic (exact) mass is 320 g/mol. The number of hydrogen-bond acceptors (Lipinski definition) is 4. The van der Waals surface area contributed by atoms with Gasteiger partial charge in [0.05, 0.1) is 0 Å². The van der Waals surface area contributed by atoms with Crippen LogP contribution in [0.15, 0.2) is 0 Å². The summed E-state index contributed by atoms with van der Waals surface area (Å²) in [5.74, 6) is 2.65. The first kappa shape index (κ1) is 19.9. The number of nitrogens with zero attached hydrogens (tertiary/aromatic N) is 4. The minimum Gasteiger partial charge on any atom is -0.341 e. The molecule has 0 aliphatic heterocycles. The van der Waals surface area contributed by atoms with Crippen molar-refractivity contribution in [2.45, 2.75) is 91.9 Å². The summed E-state index contributed by atoms with van der Waals surface area (Å²) in [7, 11) is 0. The molecule has 0 fully saturated rings. The van der Waals surface area contributed by atoms with Crippen LogP contribution in [0, 0.1) is 0 Å². The predicted molar refractivity (Wildman–Crippen MR) is 99.3 cm³/mol. The number of unbranched alkanes of at least 4 members (excludes halogenated alkanes) is 2. The smallest absolute Gasteiger partial charge is 0.228 e. The fourth-order valence-corrected chi connectivity index (χ4v) is 2.19. The highest BCUT2D eigenvalue weighted by Crippen LogP contribution is 2.25. The molecule has 0 aromatic carbocycles. The fraction of sp³-hybridized carbons (Fsp3) is 0.842. The Morgan fingerprint density at radius 3 is 1.39 bits per heavy atom. The molecular formula is C19H36N4. The second-order valence-electron chi connectivity index (χ2n) is 8.48. The highest BCUT2D eigenvalue weighted by atomic mass is 15.3. The minimum absolute atomic E-state index is 0.0706. The van der Waals surface area contributed by atoms with Crippen LogP contribution in [0.4, 0.5) is 5.95 Å². The van der Waals surface area contributed by atoms with E-state index in [0.717, 1.165) is 30.7 Å².